The molecule has 0 aromatic heterocycles. The first-order valence-corrected chi connectivity index (χ1v) is 7.29. The molecule has 0 spiro atoms. The van der Waals surface area contributed by atoms with Crippen LogP contribution in [0.5, 0.6) is 0 Å². The minimum atomic E-state index is -0.289. The van der Waals surface area contributed by atoms with Crippen LogP contribution in [0.3, 0.4) is 0 Å². The molecule has 0 N–H and O–H groups in total. The molecule has 3 nitrogen and oxygen atoms in total. The summed E-state index contributed by atoms with van der Waals surface area (Å²) in [4.78, 5) is 14.1. The number of benzene rings is 1. The Kier molecular flexibility index (Phi) is 5.53. The molecule has 1 fully saturated rings. The number of carbonyl (C=O) groups excluding carboxylic acids is 1. The zero-order chi connectivity index (χ0) is 14.4. The highest BCUT2D eigenvalue weighted by Crippen LogP contribution is 2.18. The third-order valence-electron chi connectivity index (χ3n) is 3.67. The van der Waals surface area contributed by atoms with Gasteiger partial charge in [-0.15, -0.1) is 0 Å². The Labute approximate surface area is 119 Å². The van der Waals surface area contributed by atoms with Crippen molar-refractivity contribution in [2.24, 2.45) is 5.92 Å². The fourth-order valence-electron chi connectivity index (χ4n) is 2.65. The van der Waals surface area contributed by atoms with E-state index in [0.717, 1.165) is 38.1 Å². The Balaban J connectivity index is 1.88. The van der Waals surface area contributed by atoms with Gasteiger partial charge in [0.05, 0.1) is 13.0 Å². The van der Waals surface area contributed by atoms with Gasteiger partial charge in [-0.2, -0.15) is 0 Å². The lowest BCUT2D eigenvalue weighted by Gasteiger charge is -2.32. The summed E-state index contributed by atoms with van der Waals surface area (Å²) in [6.07, 6.45) is 2.41. The SMILES string of the molecule is CCOCC1CCCN(C(=O)Cc2cccc(F)c2)C1. The van der Waals surface area contributed by atoms with Crippen molar-refractivity contribution in [2.45, 2.75) is 26.2 Å². The van der Waals surface area contributed by atoms with Gasteiger partial charge in [-0.05, 0) is 43.4 Å². The number of amides is 1. The smallest absolute Gasteiger partial charge is 0.227 e. The van der Waals surface area contributed by atoms with Gasteiger partial charge in [0, 0.05) is 19.7 Å². The number of piperidine rings is 1. The fraction of sp³-hybridized carbons (Fsp3) is 0.562. The number of hydrogen-bond donors (Lipinski definition) is 0. The predicted octanol–water partition coefficient (Wildman–Crippen LogP) is 2.64. The van der Waals surface area contributed by atoms with Crippen LogP contribution in [-0.2, 0) is 16.0 Å². The molecule has 1 aliphatic rings. The lowest BCUT2D eigenvalue weighted by molar-refractivity contribution is -0.132. The van der Waals surface area contributed by atoms with Crippen LogP contribution < -0.4 is 0 Å². The average Bonchev–Trinajstić information content (AvgIpc) is 2.45. The number of carbonyl (C=O) groups is 1. The van der Waals surface area contributed by atoms with E-state index in [1.54, 1.807) is 12.1 Å². The topological polar surface area (TPSA) is 29.5 Å². The average molecular weight is 279 g/mol. The normalized spacial score (nSPS) is 19.1. The van der Waals surface area contributed by atoms with Crippen molar-refractivity contribution in [3.05, 3.63) is 35.6 Å². The molecule has 1 heterocycles. The molecule has 1 saturated heterocycles. The zero-order valence-corrected chi connectivity index (χ0v) is 12.0. The van der Waals surface area contributed by atoms with Crippen molar-refractivity contribution < 1.29 is 13.9 Å². The van der Waals surface area contributed by atoms with Gasteiger partial charge in [0.1, 0.15) is 5.82 Å². The number of rotatable bonds is 5. The molecule has 1 amide bonds. The van der Waals surface area contributed by atoms with Gasteiger partial charge in [0.2, 0.25) is 5.91 Å². The molecule has 1 atom stereocenters. The minimum Gasteiger partial charge on any atom is -0.381 e. The molecule has 110 valence electrons. The molecule has 1 unspecified atom stereocenters. The maximum Gasteiger partial charge on any atom is 0.227 e. The Morgan fingerprint density at radius 2 is 2.35 bits per heavy atom. The van der Waals surface area contributed by atoms with E-state index in [2.05, 4.69) is 0 Å². The van der Waals surface area contributed by atoms with Gasteiger partial charge in [-0.25, -0.2) is 4.39 Å². The molecular weight excluding hydrogens is 257 g/mol. The van der Waals surface area contributed by atoms with Crippen molar-refractivity contribution in [3.63, 3.8) is 0 Å². The van der Waals surface area contributed by atoms with Crippen LogP contribution >= 0.6 is 0 Å². The van der Waals surface area contributed by atoms with Crippen LogP contribution in [0.15, 0.2) is 24.3 Å². The predicted molar refractivity (Wildman–Crippen MR) is 75.9 cm³/mol. The van der Waals surface area contributed by atoms with Crippen LogP contribution in [0.4, 0.5) is 4.39 Å². The maximum atomic E-state index is 13.1. The summed E-state index contributed by atoms with van der Waals surface area (Å²) in [5, 5.41) is 0. The molecule has 2 rings (SSSR count). The van der Waals surface area contributed by atoms with E-state index in [0.29, 0.717) is 12.5 Å². The molecule has 0 saturated carbocycles. The largest absolute Gasteiger partial charge is 0.381 e. The highest BCUT2D eigenvalue weighted by molar-refractivity contribution is 5.78. The summed E-state index contributed by atoms with van der Waals surface area (Å²) in [5.74, 6) is 0.222. The second kappa shape index (κ2) is 7.39. The molecule has 1 aromatic rings. The Morgan fingerprint density at radius 1 is 1.50 bits per heavy atom. The van der Waals surface area contributed by atoms with Gasteiger partial charge >= 0.3 is 0 Å². The quantitative estimate of drug-likeness (QED) is 0.829. The number of halogens is 1. The van der Waals surface area contributed by atoms with Crippen LogP contribution in [0.25, 0.3) is 0 Å². The maximum absolute atomic E-state index is 13.1. The van der Waals surface area contributed by atoms with Gasteiger partial charge in [-0.1, -0.05) is 12.1 Å². The van der Waals surface area contributed by atoms with Crippen LogP contribution in [0.2, 0.25) is 0 Å². The molecule has 1 aromatic carbocycles. The second-order valence-corrected chi connectivity index (χ2v) is 5.31. The Bertz CT molecular complexity index is 450. The molecule has 4 heteroatoms. The van der Waals surface area contributed by atoms with Crippen molar-refractivity contribution in [2.75, 3.05) is 26.3 Å². The van der Waals surface area contributed by atoms with Crippen molar-refractivity contribution >= 4 is 5.91 Å². The summed E-state index contributed by atoms with van der Waals surface area (Å²) in [7, 11) is 0. The highest BCUT2D eigenvalue weighted by Gasteiger charge is 2.23. The van der Waals surface area contributed by atoms with Crippen LogP contribution in [-0.4, -0.2) is 37.1 Å². The van der Waals surface area contributed by atoms with E-state index >= 15 is 0 Å². The minimum absolute atomic E-state index is 0.0804. The van der Waals surface area contributed by atoms with Crippen LogP contribution in [0.1, 0.15) is 25.3 Å². The second-order valence-electron chi connectivity index (χ2n) is 5.31. The third kappa shape index (κ3) is 4.30. The van der Waals surface area contributed by atoms with Gasteiger partial charge < -0.3 is 9.64 Å². The summed E-state index contributed by atoms with van der Waals surface area (Å²) < 4.78 is 18.6. The molecule has 1 aliphatic heterocycles. The van der Waals surface area contributed by atoms with E-state index in [-0.39, 0.29) is 18.1 Å². The van der Waals surface area contributed by atoms with E-state index in [9.17, 15) is 9.18 Å². The molecule has 0 aliphatic carbocycles. The standard InChI is InChI=1S/C16H22FNO2/c1-2-20-12-14-6-4-8-18(11-14)16(19)10-13-5-3-7-15(17)9-13/h3,5,7,9,14H,2,4,6,8,10-12H2,1H3. The third-order valence-corrected chi connectivity index (χ3v) is 3.67. The number of ether oxygens (including phenoxy) is 1. The van der Waals surface area contributed by atoms with Crippen LogP contribution in [0, 0.1) is 11.7 Å². The monoisotopic (exact) mass is 279 g/mol. The van der Waals surface area contributed by atoms with Crippen molar-refractivity contribution in [1.82, 2.24) is 4.90 Å². The highest BCUT2D eigenvalue weighted by atomic mass is 19.1. The summed E-state index contributed by atoms with van der Waals surface area (Å²) in [5.41, 5.74) is 0.738. The van der Waals surface area contributed by atoms with Crippen molar-refractivity contribution in [1.29, 1.82) is 0 Å². The number of likely N-dealkylation sites (tertiary alicyclic amines) is 1. The first-order chi connectivity index (χ1) is 9.69. The van der Waals surface area contributed by atoms with E-state index in [4.69, 9.17) is 4.74 Å². The summed E-state index contributed by atoms with van der Waals surface area (Å²) >= 11 is 0. The summed E-state index contributed by atoms with van der Waals surface area (Å²) in [6, 6.07) is 6.27. The molecular formula is C16H22FNO2. The first kappa shape index (κ1) is 15.0. The lowest BCUT2D eigenvalue weighted by atomic mass is 9.98. The van der Waals surface area contributed by atoms with E-state index < -0.39 is 0 Å². The zero-order valence-electron chi connectivity index (χ0n) is 12.0. The number of nitrogens with zero attached hydrogens (tertiary/aromatic N) is 1. The Hall–Kier alpha value is -1.42. The van der Waals surface area contributed by atoms with E-state index in [1.165, 1.54) is 12.1 Å². The first-order valence-electron chi connectivity index (χ1n) is 7.29. The molecule has 0 bridgehead atoms. The van der Waals surface area contributed by atoms with Gasteiger partial charge in [-0.3, -0.25) is 4.79 Å². The number of hydrogen-bond acceptors (Lipinski definition) is 2. The lowest BCUT2D eigenvalue weighted by Crippen LogP contribution is -2.42. The molecule has 0 radical (unpaired) electrons. The summed E-state index contributed by atoms with van der Waals surface area (Å²) in [6.45, 7) is 4.98. The van der Waals surface area contributed by atoms with Crippen molar-refractivity contribution in [3.8, 4) is 0 Å². The molecule has 20 heavy (non-hydrogen) atoms. The van der Waals surface area contributed by atoms with E-state index in [1.807, 2.05) is 11.8 Å². The fourth-order valence-corrected chi connectivity index (χ4v) is 2.65. The Morgan fingerprint density at radius 3 is 3.10 bits per heavy atom. The van der Waals surface area contributed by atoms with Gasteiger partial charge in [0.25, 0.3) is 0 Å². The van der Waals surface area contributed by atoms with Gasteiger partial charge in [0.15, 0.2) is 0 Å².